The number of nitrogens with one attached hydrogen (secondary N) is 1. The minimum atomic E-state index is -3.26. The highest BCUT2D eigenvalue weighted by molar-refractivity contribution is 7.55. The third-order valence-corrected chi connectivity index (χ3v) is 8.11. The molecule has 1 heterocycles. The van der Waals surface area contributed by atoms with Crippen molar-refractivity contribution < 1.29 is 13.6 Å². The lowest BCUT2D eigenvalue weighted by Crippen LogP contribution is -2.43. The molecule has 0 aromatic heterocycles. The van der Waals surface area contributed by atoms with E-state index in [1.54, 1.807) is 12.1 Å². The first-order valence-electron chi connectivity index (χ1n) is 8.10. The van der Waals surface area contributed by atoms with E-state index in [0.717, 1.165) is 44.2 Å². The van der Waals surface area contributed by atoms with Crippen LogP contribution in [0.3, 0.4) is 0 Å². The van der Waals surface area contributed by atoms with Gasteiger partial charge in [-0.25, -0.2) is 0 Å². The van der Waals surface area contributed by atoms with Crippen molar-refractivity contribution >= 4 is 36.5 Å². The number of hydrogen-bond donors (Lipinski definition) is 1. The lowest BCUT2D eigenvalue weighted by Gasteiger charge is -2.45. The highest BCUT2D eigenvalue weighted by Gasteiger charge is 2.53. The molecule has 4 nitrogen and oxygen atoms in total. The SMILES string of the molecule is CC1CCOP(=O)(C2(Nc3ccc(Cl)c(Cl)c3)CCCCC2)O1. The standard InChI is InChI=1S/C16H22Cl2NO3P/c1-12-7-10-21-23(20,22-12)16(8-3-2-4-9-16)19-13-5-6-14(17)15(18)11-13/h5-6,11-12,19H,2-4,7-10H2,1H3. The van der Waals surface area contributed by atoms with E-state index in [-0.39, 0.29) is 6.10 Å². The van der Waals surface area contributed by atoms with Gasteiger partial charge in [-0.15, -0.1) is 0 Å². The number of anilines is 1. The quantitative estimate of drug-likeness (QED) is 0.647. The van der Waals surface area contributed by atoms with Crippen LogP contribution in [0.4, 0.5) is 5.69 Å². The minimum Gasteiger partial charge on any atom is -0.369 e. The second-order valence-electron chi connectivity index (χ2n) is 6.38. The Labute approximate surface area is 147 Å². The number of halogens is 2. The predicted molar refractivity (Wildman–Crippen MR) is 94.6 cm³/mol. The largest absolute Gasteiger partial charge is 0.369 e. The van der Waals surface area contributed by atoms with Gasteiger partial charge in [0.2, 0.25) is 0 Å². The molecule has 1 N–H and O–H groups in total. The van der Waals surface area contributed by atoms with Crippen LogP contribution in [-0.4, -0.2) is 18.0 Å². The Morgan fingerprint density at radius 3 is 2.61 bits per heavy atom. The van der Waals surface area contributed by atoms with E-state index in [0.29, 0.717) is 16.7 Å². The first-order chi connectivity index (χ1) is 10.9. The monoisotopic (exact) mass is 377 g/mol. The Kier molecular flexibility index (Phi) is 5.30. The van der Waals surface area contributed by atoms with Crippen LogP contribution in [0.2, 0.25) is 10.0 Å². The molecule has 0 bridgehead atoms. The van der Waals surface area contributed by atoms with Gasteiger partial charge in [0.25, 0.3) is 0 Å². The van der Waals surface area contributed by atoms with Gasteiger partial charge >= 0.3 is 7.60 Å². The molecule has 1 aliphatic heterocycles. The molecule has 7 heteroatoms. The molecule has 23 heavy (non-hydrogen) atoms. The second kappa shape index (κ2) is 6.93. The Bertz CT molecular complexity index is 619. The van der Waals surface area contributed by atoms with E-state index in [1.165, 1.54) is 0 Å². The van der Waals surface area contributed by atoms with Gasteiger partial charge in [-0.05, 0) is 44.4 Å². The summed E-state index contributed by atoms with van der Waals surface area (Å²) in [4.78, 5) is 0. The van der Waals surface area contributed by atoms with E-state index in [1.807, 2.05) is 13.0 Å². The summed E-state index contributed by atoms with van der Waals surface area (Å²) in [6.07, 6.45) is 5.38. The summed E-state index contributed by atoms with van der Waals surface area (Å²) in [6, 6.07) is 5.35. The van der Waals surface area contributed by atoms with E-state index >= 15 is 0 Å². The fourth-order valence-electron chi connectivity index (χ4n) is 3.33. The lowest BCUT2D eigenvalue weighted by atomic mass is 9.94. The summed E-state index contributed by atoms with van der Waals surface area (Å²) < 4.78 is 25.1. The molecule has 2 atom stereocenters. The van der Waals surface area contributed by atoms with Crippen LogP contribution in [0.25, 0.3) is 0 Å². The van der Waals surface area contributed by atoms with Gasteiger partial charge in [-0.1, -0.05) is 42.5 Å². The molecular weight excluding hydrogens is 356 g/mol. The molecular formula is C16H22Cl2NO3P. The summed E-state index contributed by atoms with van der Waals surface area (Å²) in [5, 5.41) is 3.73. The fraction of sp³-hybridized carbons (Fsp3) is 0.625. The number of benzene rings is 1. The van der Waals surface area contributed by atoms with Crippen LogP contribution in [0, 0.1) is 0 Å². The van der Waals surface area contributed by atoms with Crippen molar-refractivity contribution in [3.05, 3.63) is 28.2 Å². The molecule has 2 fully saturated rings. The number of rotatable bonds is 3. The van der Waals surface area contributed by atoms with E-state index in [2.05, 4.69) is 5.32 Å². The van der Waals surface area contributed by atoms with Gasteiger partial charge in [0.05, 0.1) is 22.8 Å². The first kappa shape index (κ1) is 17.6. The van der Waals surface area contributed by atoms with Gasteiger partial charge in [0, 0.05) is 5.69 Å². The van der Waals surface area contributed by atoms with Gasteiger partial charge in [0.1, 0.15) is 5.28 Å². The second-order valence-corrected chi connectivity index (χ2v) is 9.52. The molecule has 1 saturated carbocycles. The molecule has 1 aromatic carbocycles. The Morgan fingerprint density at radius 2 is 1.96 bits per heavy atom. The molecule has 0 amide bonds. The normalized spacial score (nSPS) is 30.8. The summed E-state index contributed by atoms with van der Waals surface area (Å²) in [6.45, 7) is 2.42. The topological polar surface area (TPSA) is 47.6 Å². The van der Waals surface area contributed by atoms with Crippen molar-refractivity contribution in [1.82, 2.24) is 0 Å². The zero-order valence-electron chi connectivity index (χ0n) is 13.2. The molecule has 128 valence electrons. The Balaban J connectivity index is 1.93. The maximum Gasteiger partial charge on any atom is 0.356 e. The van der Waals surface area contributed by atoms with Crippen LogP contribution in [0.5, 0.6) is 0 Å². The van der Waals surface area contributed by atoms with Crippen LogP contribution in [0.1, 0.15) is 45.4 Å². The molecule has 1 aromatic rings. The van der Waals surface area contributed by atoms with Gasteiger partial charge in [-0.2, -0.15) is 0 Å². The third kappa shape index (κ3) is 3.57. The maximum absolute atomic E-state index is 13.5. The van der Waals surface area contributed by atoms with Crippen molar-refractivity contribution in [1.29, 1.82) is 0 Å². The van der Waals surface area contributed by atoms with Crippen molar-refractivity contribution in [2.75, 3.05) is 11.9 Å². The van der Waals surface area contributed by atoms with E-state index < -0.39 is 12.9 Å². The van der Waals surface area contributed by atoms with E-state index in [9.17, 15) is 4.57 Å². The third-order valence-electron chi connectivity index (χ3n) is 4.61. The summed E-state index contributed by atoms with van der Waals surface area (Å²) in [5.41, 5.74) is 0.793. The van der Waals surface area contributed by atoms with Crippen LogP contribution >= 0.6 is 30.8 Å². The number of hydrogen-bond acceptors (Lipinski definition) is 4. The summed E-state index contributed by atoms with van der Waals surface area (Å²) in [7, 11) is -3.26. The highest BCUT2D eigenvalue weighted by atomic mass is 35.5. The Hall–Kier alpha value is -0.250. The van der Waals surface area contributed by atoms with Crippen LogP contribution in [0.15, 0.2) is 18.2 Å². The van der Waals surface area contributed by atoms with Crippen molar-refractivity contribution in [3.8, 4) is 0 Å². The molecule has 2 aliphatic rings. The van der Waals surface area contributed by atoms with Crippen molar-refractivity contribution in [3.63, 3.8) is 0 Å². The first-order valence-corrected chi connectivity index (χ1v) is 10.4. The molecule has 1 aliphatic carbocycles. The van der Waals surface area contributed by atoms with Crippen molar-refractivity contribution in [2.24, 2.45) is 0 Å². The smallest absolute Gasteiger partial charge is 0.356 e. The van der Waals surface area contributed by atoms with Crippen molar-refractivity contribution in [2.45, 2.75) is 56.8 Å². The average Bonchev–Trinajstić information content (AvgIpc) is 2.52. The van der Waals surface area contributed by atoms with Crippen LogP contribution in [-0.2, 0) is 13.6 Å². The average molecular weight is 378 g/mol. The van der Waals surface area contributed by atoms with Crippen LogP contribution < -0.4 is 5.32 Å². The molecule has 2 unspecified atom stereocenters. The van der Waals surface area contributed by atoms with Gasteiger partial charge in [0.15, 0.2) is 0 Å². The highest BCUT2D eigenvalue weighted by Crippen LogP contribution is 2.67. The van der Waals surface area contributed by atoms with Gasteiger partial charge in [-0.3, -0.25) is 4.57 Å². The maximum atomic E-state index is 13.5. The molecule has 0 spiro atoms. The predicted octanol–water partition coefficient (Wildman–Crippen LogP) is 6.08. The minimum absolute atomic E-state index is 0.0519. The molecule has 0 radical (unpaired) electrons. The Morgan fingerprint density at radius 1 is 1.22 bits per heavy atom. The summed E-state index contributed by atoms with van der Waals surface area (Å²) >= 11 is 12.1. The fourth-order valence-corrected chi connectivity index (χ4v) is 6.19. The molecule has 1 saturated heterocycles. The lowest BCUT2D eigenvalue weighted by molar-refractivity contribution is 0.0767. The zero-order chi connectivity index (χ0) is 16.5. The summed E-state index contributed by atoms with van der Waals surface area (Å²) in [5.74, 6) is 0. The van der Waals surface area contributed by atoms with E-state index in [4.69, 9.17) is 32.2 Å². The van der Waals surface area contributed by atoms with Gasteiger partial charge < -0.3 is 14.4 Å². The zero-order valence-corrected chi connectivity index (χ0v) is 15.6. The molecule has 3 rings (SSSR count).